The molecule has 1 aromatic rings. The molecular weight excluding hydrogens is 290 g/mol. The number of benzene rings is 1. The van der Waals surface area contributed by atoms with Crippen LogP contribution in [0.25, 0.3) is 0 Å². The van der Waals surface area contributed by atoms with Gasteiger partial charge in [0.05, 0.1) is 16.5 Å². The summed E-state index contributed by atoms with van der Waals surface area (Å²) >= 11 is 5.75. The number of phenolic OH excluding ortho intramolecular Hbond substituents is 1. The summed E-state index contributed by atoms with van der Waals surface area (Å²) in [5.74, 6) is -0.277. The number of aromatic hydroxyl groups is 1. The maximum atomic E-state index is 12.2. The molecule has 1 aromatic carbocycles. The van der Waals surface area contributed by atoms with Crippen molar-refractivity contribution in [1.82, 2.24) is 4.90 Å². The second-order valence-corrected chi connectivity index (χ2v) is 7.28. The van der Waals surface area contributed by atoms with Crippen LogP contribution in [-0.2, 0) is 9.84 Å². The van der Waals surface area contributed by atoms with Crippen LogP contribution in [0, 0.1) is 0 Å². The van der Waals surface area contributed by atoms with Gasteiger partial charge >= 0.3 is 0 Å². The Hall–Kier alpha value is -1.27. The number of sulfone groups is 1. The Morgan fingerprint density at radius 3 is 2.68 bits per heavy atom. The van der Waals surface area contributed by atoms with Crippen molar-refractivity contribution in [2.75, 3.05) is 18.6 Å². The highest BCUT2D eigenvalue weighted by Crippen LogP contribution is 2.25. The number of carbonyl (C=O) groups is 1. The van der Waals surface area contributed by atoms with E-state index in [4.69, 9.17) is 11.6 Å². The quantitative estimate of drug-likeness (QED) is 0.894. The molecule has 0 spiro atoms. The van der Waals surface area contributed by atoms with E-state index in [0.717, 1.165) is 0 Å². The zero-order valence-electron chi connectivity index (χ0n) is 10.3. The highest BCUT2D eigenvalue weighted by Gasteiger charge is 2.33. The Labute approximate surface area is 116 Å². The molecule has 2 rings (SSSR count). The molecule has 1 fully saturated rings. The summed E-state index contributed by atoms with van der Waals surface area (Å²) in [7, 11) is -1.45. The third-order valence-electron chi connectivity index (χ3n) is 3.27. The number of phenols is 1. The Balaban J connectivity index is 2.17. The Kier molecular flexibility index (Phi) is 3.73. The lowest BCUT2D eigenvalue weighted by Gasteiger charge is -2.23. The topological polar surface area (TPSA) is 74.7 Å². The van der Waals surface area contributed by atoms with Gasteiger partial charge in [-0.1, -0.05) is 11.6 Å². The monoisotopic (exact) mass is 303 g/mol. The van der Waals surface area contributed by atoms with Gasteiger partial charge in [-0.05, 0) is 24.6 Å². The summed E-state index contributed by atoms with van der Waals surface area (Å²) in [4.78, 5) is 13.6. The van der Waals surface area contributed by atoms with Crippen molar-refractivity contribution in [1.29, 1.82) is 0 Å². The maximum absolute atomic E-state index is 12.2. The van der Waals surface area contributed by atoms with Crippen LogP contribution in [0.1, 0.15) is 16.8 Å². The summed E-state index contributed by atoms with van der Waals surface area (Å²) in [6.45, 7) is 0. The molecule has 1 N–H and O–H groups in total. The van der Waals surface area contributed by atoms with E-state index in [1.54, 1.807) is 7.05 Å². The lowest BCUT2D eigenvalue weighted by atomic mass is 10.1. The number of hydrogen-bond donors (Lipinski definition) is 1. The molecule has 0 aliphatic carbocycles. The number of rotatable bonds is 2. The average Bonchev–Trinajstić information content (AvgIpc) is 2.71. The Bertz CT molecular complexity index is 614. The summed E-state index contributed by atoms with van der Waals surface area (Å²) in [5.41, 5.74) is 0.328. The highest BCUT2D eigenvalue weighted by atomic mass is 35.5. The van der Waals surface area contributed by atoms with Crippen molar-refractivity contribution >= 4 is 27.3 Å². The molecule has 1 atom stereocenters. The van der Waals surface area contributed by atoms with Crippen molar-refractivity contribution in [3.63, 3.8) is 0 Å². The number of halogens is 1. The van der Waals surface area contributed by atoms with Crippen LogP contribution in [0.5, 0.6) is 5.75 Å². The fourth-order valence-corrected chi connectivity index (χ4v) is 4.05. The van der Waals surface area contributed by atoms with Crippen LogP contribution < -0.4 is 0 Å². The molecule has 0 aromatic heterocycles. The first-order valence-corrected chi connectivity index (χ1v) is 7.96. The molecule has 1 heterocycles. The van der Waals surface area contributed by atoms with Crippen LogP contribution >= 0.6 is 11.6 Å². The van der Waals surface area contributed by atoms with Gasteiger partial charge in [-0.2, -0.15) is 0 Å². The molecule has 0 saturated carbocycles. The molecule has 1 aliphatic heterocycles. The van der Waals surface area contributed by atoms with Crippen LogP contribution in [-0.4, -0.2) is 48.9 Å². The normalized spacial score (nSPS) is 21.3. The SMILES string of the molecule is CN(C(=O)c1ccc(O)c(Cl)c1)C1CCS(=O)(=O)C1. The van der Waals surface area contributed by atoms with Crippen molar-refractivity contribution in [3.8, 4) is 5.75 Å². The fraction of sp³-hybridized carbons (Fsp3) is 0.417. The maximum Gasteiger partial charge on any atom is 0.253 e. The van der Waals surface area contributed by atoms with Gasteiger partial charge in [0.25, 0.3) is 5.91 Å². The van der Waals surface area contributed by atoms with E-state index in [9.17, 15) is 18.3 Å². The summed E-state index contributed by atoms with van der Waals surface area (Å²) in [6.07, 6.45) is 0.455. The zero-order valence-corrected chi connectivity index (χ0v) is 11.9. The van der Waals surface area contributed by atoms with Gasteiger partial charge in [-0.25, -0.2) is 8.42 Å². The first kappa shape index (κ1) is 14.1. The van der Waals surface area contributed by atoms with Crippen molar-refractivity contribution in [3.05, 3.63) is 28.8 Å². The Morgan fingerprint density at radius 1 is 1.47 bits per heavy atom. The molecule has 1 amide bonds. The van der Waals surface area contributed by atoms with Crippen LogP contribution in [0.3, 0.4) is 0 Å². The van der Waals surface area contributed by atoms with Crippen molar-refractivity contribution < 1.29 is 18.3 Å². The van der Waals surface area contributed by atoms with E-state index in [0.29, 0.717) is 12.0 Å². The minimum absolute atomic E-state index is 0.00105. The van der Waals surface area contributed by atoms with Gasteiger partial charge in [0.2, 0.25) is 0 Å². The lowest BCUT2D eigenvalue weighted by molar-refractivity contribution is 0.0747. The zero-order chi connectivity index (χ0) is 14.2. The molecular formula is C12H14ClNO4S. The van der Waals surface area contributed by atoms with Crippen molar-refractivity contribution in [2.24, 2.45) is 0 Å². The highest BCUT2D eigenvalue weighted by molar-refractivity contribution is 7.91. The third-order valence-corrected chi connectivity index (χ3v) is 5.32. The number of carbonyl (C=O) groups excluding carboxylic acids is 1. The second kappa shape index (κ2) is 5.02. The van der Waals surface area contributed by atoms with E-state index >= 15 is 0 Å². The fourth-order valence-electron chi connectivity index (χ4n) is 2.09. The molecule has 1 saturated heterocycles. The molecule has 19 heavy (non-hydrogen) atoms. The van der Waals surface area contributed by atoms with Crippen molar-refractivity contribution in [2.45, 2.75) is 12.5 Å². The number of nitrogens with zero attached hydrogens (tertiary/aromatic N) is 1. The predicted molar refractivity (Wildman–Crippen MR) is 72.3 cm³/mol. The molecule has 0 radical (unpaired) electrons. The minimum atomic E-state index is -3.03. The van der Waals surface area contributed by atoms with E-state index in [-0.39, 0.29) is 34.2 Å². The molecule has 0 bridgehead atoms. The van der Waals surface area contributed by atoms with Crippen LogP contribution in [0.2, 0.25) is 5.02 Å². The lowest BCUT2D eigenvalue weighted by Crippen LogP contribution is -2.37. The van der Waals surface area contributed by atoms with Gasteiger partial charge in [-0.3, -0.25) is 4.79 Å². The van der Waals surface area contributed by atoms with Gasteiger partial charge in [0.1, 0.15) is 5.75 Å². The summed E-state index contributed by atoms with van der Waals surface area (Å²) < 4.78 is 22.8. The van der Waals surface area contributed by atoms with Crippen LogP contribution in [0.4, 0.5) is 0 Å². The second-order valence-electron chi connectivity index (χ2n) is 4.64. The van der Waals surface area contributed by atoms with E-state index in [1.807, 2.05) is 0 Å². The number of hydrogen-bond acceptors (Lipinski definition) is 4. The van der Waals surface area contributed by atoms with Gasteiger partial charge in [-0.15, -0.1) is 0 Å². The number of amides is 1. The Morgan fingerprint density at radius 2 is 2.16 bits per heavy atom. The molecule has 7 heteroatoms. The first-order chi connectivity index (χ1) is 8.80. The van der Waals surface area contributed by atoms with E-state index < -0.39 is 9.84 Å². The smallest absolute Gasteiger partial charge is 0.253 e. The third kappa shape index (κ3) is 3.01. The van der Waals surface area contributed by atoms with Gasteiger partial charge in [0, 0.05) is 18.7 Å². The van der Waals surface area contributed by atoms with Crippen LogP contribution in [0.15, 0.2) is 18.2 Å². The summed E-state index contributed by atoms with van der Waals surface area (Å²) in [5, 5.41) is 9.40. The van der Waals surface area contributed by atoms with Gasteiger partial charge < -0.3 is 10.0 Å². The average molecular weight is 304 g/mol. The summed E-state index contributed by atoms with van der Waals surface area (Å²) in [6, 6.07) is 3.88. The first-order valence-electron chi connectivity index (χ1n) is 5.76. The van der Waals surface area contributed by atoms with E-state index in [1.165, 1.54) is 23.1 Å². The molecule has 1 unspecified atom stereocenters. The van der Waals surface area contributed by atoms with E-state index in [2.05, 4.69) is 0 Å². The predicted octanol–water partition coefficient (Wildman–Crippen LogP) is 1.30. The molecule has 1 aliphatic rings. The minimum Gasteiger partial charge on any atom is -0.506 e. The van der Waals surface area contributed by atoms with Gasteiger partial charge in [0.15, 0.2) is 9.84 Å². The molecule has 5 nitrogen and oxygen atoms in total. The standard InChI is InChI=1S/C12H14ClNO4S/c1-14(9-4-5-19(17,18)7-9)12(16)8-2-3-11(15)10(13)6-8/h2-3,6,9,15H,4-5,7H2,1H3. The largest absolute Gasteiger partial charge is 0.506 e. The molecule has 104 valence electrons.